The molecular weight excluding hydrogens is 366 g/mol. The summed E-state index contributed by atoms with van der Waals surface area (Å²) in [4.78, 5) is 10.3. The fraction of sp³-hybridized carbons (Fsp3) is 0.368. The monoisotopic (exact) mass is 384 g/mol. The number of anilines is 1. The number of rotatable bonds is 3. The van der Waals surface area contributed by atoms with E-state index in [0.717, 1.165) is 50.9 Å². The van der Waals surface area contributed by atoms with Crippen LogP contribution < -0.4 is 9.64 Å². The Morgan fingerprint density at radius 3 is 2.54 bits per heavy atom. The van der Waals surface area contributed by atoms with Crippen LogP contribution in [-0.2, 0) is 0 Å². The van der Waals surface area contributed by atoms with Gasteiger partial charge in [0, 0.05) is 24.7 Å². The largest absolute Gasteiger partial charge is 0.494 e. The first kappa shape index (κ1) is 18.1. The van der Waals surface area contributed by atoms with Crippen LogP contribution in [0.5, 0.6) is 5.75 Å². The summed E-state index contributed by atoms with van der Waals surface area (Å²) in [7, 11) is 1.27. The van der Waals surface area contributed by atoms with Crippen molar-refractivity contribution in [1.82, 2.24) is 19.6 Å². The highest BCUT2D eigenvalue weighted by Crippen LogP contribution is 2.38. The third-order valence-corrected chi connectivity index (χ3v) is 4.92. The minimum absolute atomic E-state index is 0.0248. The SMILES string of the molecule is COc1cc(F)c(-c2c(C#N)nc3ncnn3c2N2CCCCCC2)cc1F. The van der Waals surface area contributed by atoms with Crippen molar-refractivity contribution in [2.45, 2.75) is 25.7 Å². The lowest BCUT2D eigenvalue weighted by Gasteiger charge is -2.26. The quantitative estimate of drug-likeness (QED) is 0.689. The van der Waals surface area contributed by atoms with Crippen LogP contribution in [0.25, 0.3) is 16.9 Å². The topological polar surface area (TPSA) is 79.3 Å². The lowest BCUT2D eigenvalue weighted by atomic mass is 10.0. The van der Waals surface area contributed by atoms with Gasteiger partial charge in [0.25, 0.3) is 5.78 Å². The zero-order chi connectivity index (χ0) is 19.7. The number of nitrogens with zero attached hydrogens (tertiary/aromatic N) is 6. The highest BCUT2D eigenvalue weighted by molar-refractivity contribution is 5.82. The molecule has 0 bridgehead atoms. The fourth-order valence-corrected chi connectivity index (χ4v) is 3.61. The summed E-state index contributed by atoms with van der Waals surface area (Å²) in [6.45, 7) is 1.44. The van der Waals surface area contributed by atoms with E-state index in [1.54, 1.807) is 0 Å². The Balaban J connectivity index is 2.03. The van der Waals surface area contributed by atoms with E-state index in [9.17, 15) is 14.0 Å². The van der Waals surface area contributed by atoms with Gasteiger partial charge in [0.05, 0.1) is 12.7 Å². The van der Waals surface area contributed by atoms with Gasteiger partial charge < -0.3 is 9.64 Å². The van der Waals surface area contributed by atoms with Gasteiger partial charge in [-0.1, -0.05) is 12.8 Å². The number of methoxy groups -OCH3 is 1. The molecule has 1 aromatic carbocycles. The molecule has 0 unspecified atom stereocenters. The number of benzene rings is 1. The van der Waals surface area contributed by atoms with Gasteiger partial charge in [0.15, 0.2) is 17.3 Å². The van der Waals surface area contributed by atoms with E-state index < -0.39 is 11.6 Å². The smallest absolute Gasteiger partial charge is 0.255 e. The average molecular weight is 384 g/mol. The molecule has 4 rings (SSSR count). The second kappa shape index (κ2) is 7.38. The Bertz CT molecular complexity index is 1070. The molecule has 1 aliphatic rings. The summed E-state index contributed by atoms with van der Waals surface area (Å²) < 4.78 is 35.7. The molecule has 3 heterocycles. The van der Waals surface area contributed by atoms with Gasteiger partial charge in [-0.25, -0.2) is 8.78 Å². The number of halogens is 2. The first-order valence-electron chi connectivity index (χ1n) is 9.06. The van der Waals surface area contributed by atoms with E-state index >= 15 is 0 Å². The van der Waals surface area contributed by atoms with Crippen LogP contribution >= 0.6 is 0 Å². The van der Waals surface area contributed by atoms with Gasteiger partial charge in [-0.15, -0.1) is 0 Å². The van der Waals surface area contributed by atoms with E-state index in [-0.39, 0.29) is 28.3 Å². The molecule has 144 valence electrons. The molecular formula is C19H18F2N6O. The van der Waals surface area contributed by atoms with Crippen molar-refractivity contribution in [2.24, 2.45) is 0 Å². The molecule has 0 saturated carbocycles. The summed E-state index contributed by atoms with van der Waals surface area (Å²) in [5, 5.41) is 13.9. The van der Waals surface area contributed by atoms with E-state index in [2.05, 4.69) is 15.1 Å². The summed E-state index contributed by atoms with van der Waals surface area (Å²) in [5.74, 6) is -0.875. The van der Waals surface area contributed by atoms with Crippen LogP contribution in [0, 0.1) is 23.0 Å². The van der Waals surface area contributed by atoms with Crippen LogP contribution in [0.4, 0.5) is 14.6 Å². The molecule has 1 saturated heterocycles. The van der Waals surface area contributed by atoms with Crippen LogP contribution in [0.3, 0.4) is 0 Å². The minimum atomic E-state index is -0.719. The van der Waals surface area contributed by atoms with Gasteiger partial charge in [0.1, 0.15) is 24.0 Å². The molecule has 0 spiro atoms. The van der Waals surface area contributed by atoms with Gasteiger partial charge in [-0.3, -0.25) is 0 Å². The van der Waals surface area contributed by atoms with Crippen molar-refractivity contribution in [3.8, 4) is 22.9 Å². The molecule has 28 heavy (non-hydrogen) atoms. The molecule has 1 aliphatic heterocycles. The zero-order valence-corrected chi connectivity index (χ0v) is 15.3. The van der Waals surface area contributed by atoms with Crippen LogP contribution in [0.15, 0.2) is 18.5 Å². The number of hydrogen-bond acceptors (Lipinski definition) is 6. The zero-order valence-electron chi connectivity index (χ0n) is 15.3. The number of hydrogen-bond donors (Lipinski definition) is 0. The van der Waals surface area contributed by atoms with Gasteiger partial charge in [-0.05, 0) is 18.9 Å². The normalized spacial score (nSPS) is 14.7. The Labute approximate surface area is 160 Å². The number of nitriles is 1. The molecule has 0 amide bonds. The van der Waals surface area contributed by atoms with E-state index in [1.807, 2.05) is 11.0 Å². The van der Waals surface area contributed by atoms with Crippen molar-refractivity contribution >= 4 is 11.6 Å². The van der Waals surface area contributed by atoms with Gasteiger partial charge in [0.2, 0.25) is 0 Å². The molecule has 2 aromatic heterocycles. The minimum Gasteiger partial charge on any atom is -0.494 e. The first-order valence-corrected chi connectivity index (χ1v) is 9.06. The third-order valence-electron chi connectivity index (χ3n) is 4.92. The maximum absolute atomic E-state index is 14.9. The molecule has 0 radical (unpaired) electrons. The third kappa shape index (κ3) is 3.01. The predicted octanol–water partition coefficient (Wildman–Crippen LogP) is 3.33. The Kier molecular flexibility index (Phi) is 4.77. The van der Waals surface area contributed by atoms with Crippen molar-refractivity contribution < 1.29 is 13.5 Å². The molecule has 0 N–H and O–H groups in total. The van der Waals surface area contributed by atoms with Crippen molar-refractivity contribution in [2.75, 3.05) is 25.1 Å². The maximum Gasteiger partial charge on any atom is 0.255 e. The van der Waals surface area contributed by atoms with Crippen molar-refractivity contribution in [1.29, 1.82) is 5.26 Å². The van der Waals surface area contributed by atoms with Crippen molar-refractivity contribution in [3.63, 3.8) is 0 Å². The summed E-state index contributed by atoms with van der Waals surface area (Å²) in [6, 6.07) is 4.02. The molecule has 3 aromatic rings. The second-order valence-electron chi connectivity index (χ2n) is 6.61. The van der Waals surface area contributed by atoms with Gasteiger partial charge >= 0.3 is 0 Å². The Morgan fingerprint density at radius 1 is 1.11 bits per heavy atom. The first-order chi connectivity index (χ1) is 13.6. The van der Waals surface area contributed by atoms with Crippen LogP contribution in [0.1, 0.15) is 31.4 Å². The van der Waals surface area contributed by atoms with Gasteiger partial charge in [-0.2, -0.15) is 24.8 Å². The summed E-state index contributed by atoms with van der Waals surface area (Å²) in [6.07, 6.45) is 5.43. The van der Waals surface area contributed by atoms with E-state index in [4.69, 9.17) is 4.74 Å². The fourth-order valence-electron chi connectivity index (χ4n) is 3.61. The maximum atomic E-state index is 14.9. The summed E-state index contributed by atoms with van der Waals surface area (Å²) >= 11 is 0. The lowest BCUT2D eigenvalue weighted by Crippen LogP contribution is -2.28. The lowest BCUT2D eigenvalue weighted by molar-refractivity contribution is 0.383. The van der Waals surface area contributed by atoms with Crippen LogP contribution in [0.2, 0.25) is 0 Å². The Morgan fingerprint density at radius 2 is 1.86 bits per heavy atom. The standard InChI is InChI=1S/C19H18F2N6O/c1-28-16-9-13(20)12(8-14(16)21)17-15(10-22)25-19-23-11-24-27(19)18(17)26-6-4-2-3-5-7-26/h8-9,11H,2-7H2,1H3. The average Bonchev–Trinajstić information content (AvgIpc) is 3.00. The van der Waals surface area contributed by atoms with E-state index in [0.29, 0.717) is 5.82 Å². The number of ether oxygens (including phenoxy) is 1. The molecule has 0 atom stereocenters. The number of fused-ring (bicyclic) bond motifs is 1. The van der Waals surface area contributed by atoms with Crippen molar-refractivity contribution in [3.05, 3.63) is 35.8 Å². The van der Waals surface area contributed by atoms with E-state index in [1.165, 1.54) is 18.0 Å². The highest BCUT2D eigenvalue weighted by atomic mass is 19.1. The molecule has 9 heteroatoms. The second-order valence-corrected chi connectivity index (χ2v) is 6.61. The Hall–Kier alpha value is -3.28. The molecule has 7 nitrogen and oxygen atoms in total. The number of aromatic nitrogens is 4. The summed E-state index contributed by atoms with van der Waals surface area (Å²) in [5.41, 5.74) is 0.128. The molecule has 1 fully saturated rings. The highest BCUT2D eigenvalue weighted by Gasteiger charge is 2.26. The molecule has 0 aliphatic carbocycles. The van der Waals surface area contributed by atoms with Crippen LogP contribution in [-0.4, -0.2) is 39.8 Å². The predicted molar refractivity (Wildman–Crippen MR) is 98.1 cm³/mol.